The standard InChI is InChI=1S/C15H17BrClN3O/c1-2-15(5-7-18-8-6-15)14-19-13(20-21-14)10-3-4-12(17)11(16)9-10/h3-4,9,18H,2,5-8H2,1H3. The van der Waals surface area contributed by atoms with Gasteiger partial charge in [-0.3, -0.25) is 0 Å². The van der Waals surface area contributed by atoms with E-state index in [0.717, 1.165) is 48.3 Å². The number of nitrogens with zero attached hydrogens (tertiary/aromatic N) is 2. The molecule has 1 N–H and O–H groups in total. The molecule has 0 atom stereocenters. The number of halogens is 2. The maximum absolute atomic E-state index is 6.02. The van der Waals surface area contributed by atoms with Gasteiger partial charge in [-0.25, -0.2) is 0 Å². The molecular formula is C15H17BrClN3O. The van der Waals surface area contributed by atoms with Crippen LogP contribution in [0, 0.1) is 0 Å². The summed E-state index contributed by atoms with van der Waals surface area (Å²) >= 11 is 9.45. The van der Waals surface area contributed by atoms with Gasteiger partial charge in [0.05, 0.1) is 10.4 Å². The van der Waals surface area contributed by atoms with Crippen LogP contribution in [0.5, 0.6) is 0 Å². The minimum absolute atomic E-state index is 0.0140. The summed E-state index contributed by atoms with van der Waals surface area (Å²) in [5.74, 6) is 1.38. The number of hydrogen-bond acceptors (Lipinski definition) is 4. The summed E-state index contributed by atoms with van der Waals surface area (Å²) in [7, 11) is 0. The van der Waals surface area contributed by atoms with E-state index in [-0.39, 0.29) is 5.41 Å². The van der Waals surface area contributed by atoms with E-state index in [1.54, 1.807) is 0 Å². The van der Waals surface area contributed by atoms with Gasteiger partial charge in [0.1, 0.15) is 0 Å². The number of benzene rings is 1. The highest BCUT2D eigenvalue weighted by Gasteiger charge is 2.37. The molecule has 0 unspecified atom stereocenters. The molecule has 2 aromatic rings. The lowest BCUT2D eigenvalue weighted by Crippen LogP contribution is -2.39. The molecular weight excluding hydrogens is 354 g/mol. The van der Waals surface area contributed by atoms with Gasteiger partial charge in [0.2, 0.25) is 11.7 Å². The van der Waals surface area contributed by atoms with E-state index in [9.17, 15) is 0 Å². The molecule has 21 heavy (non-hydrogen) atoms. The first-order valence-corrected chi connectivity index (χ1v) is 8.32. The maximum Gasteiger partial charge on any atom is 0.233 e. The van der Waals surface area contributed by atoms with Crippen LogP contribution in [0.25, 0.3) is 11.4 Å². The van der Waals surface area contributed by atoms with Crippen molar-refractivity contribution in [3.63, 3.8) is 0 Å². The van der Waals surface area contributed by atoms with Crippen molar-refractivity contribution in [2.24, 2.45) is 0 Å². The van der Waals surface area contributed by atoms with Gasteiger partial charge in [-0.2, -0.15) is 4.98 Å². The first-order chi connectivity index (χ1) is 10.1. The summed E-state index contributed by atoms with van der Waals surface area (Å²) in [4.78, 5) is 4.65. The second-order valence-corrected chi connectivity index (χ2v) is 6.70. The Balaban J connectivity index is 1.93. The normalized spacial score (nSPS) is 17.9. The minimum atomic E-state index is 0.0140. The van der Waals surface area contributed by atoms with Crippen molar-refractivity contribution in [3.8, 4) is 11.4 Å². The number of piperidine rings is 1. The molecule has 1 aromatic carbocycles. The van der Waals surface area contributed by atoms with Gasteiger partial charge in [-0.05, 0) is 66.5 Å². The van der Waals surface area contributed by atoms with E-state index in [1.807, 2.05) is 18.2 Å². The van der Waals surface area contributed by atoms with Gasteiger partial charge >= 0.3 is 0 Å². The molecule has 0 spiro atoms. The number of hydrogen-bond donors (Lipinski definition) is 1. The average molecular weight is 371 g/mol. The topological polar surface area (TPSA) is 51.0 Å². The summed E-state index contributed by atoms with van der Waals surface area (Å²) in [5.41, 5.74) is 0.918. The van der Waals surface area contributed by atoms with Crippen LogP contribution in [-0.4, -0.2) is 23.2 Å². The zero-order chi connectivity index (χ0) is 14.9. The lowest BCUT2D eigenvalue weighted by Gasteiger charge is -2.33. The third-order valence-electron chi connectivity index (χ3n) is 4.29. The van der Waals surface area contributed by atoms with E-state index >= 15 is 0 Å². The van der Waals surface area contributed by atoms with E-state index < -0.39 is 0 Å². The van der Waals surface area contributed by atoms with Crippen molar-refractivity contribution >= 4 is 27.5 Å². The van der Waals surface area contributed by atoms with Crippen molar-refractivity contribution < 1.29 is 4.52 Å². The second kappa shape index (κ2) is 6.07. The molecule has 1 aliphatic heterocycles. The Morgan fingerprint density at radius 2 is 2.14 bits per heavy atom. The van der Waals surface area contributed by atoms with Crippen LogP contribution >= 0.6 is 27.5 Å². The van der Waals surface area contributed by atoms with Gasteiger partial charge in [0.15, 0.2) is 0 Å². The van der Waals surface area contributed by atoms with Crippen LogP contribution in [-0.2, 0) is 5.41 Å². The summed E-state index contributed by atoms with van der Waals surface area (Å²) in [6.45, 7) is 4.18. The second-order valence-electron chi connectivity index (χ2n) is 5.44. The first kappa shape index (κ1) is 15.0. The molecule has 1 aliphatic rings. The van der Waals surface area contributed by atoms with Crippen molar-refractivity contribution in [1.29, 1.82) is 0 Å². The SMILES string of the molecule is CCC1(c2nc(-c3ccc(Cl)c(Br)c3)no2)CCNCC1. The molecule has 6 heteroatoms. The van der Waals surface area contributed by atoms with Crippen molar-refractivity contribution in [1.82, 2.24) is 15.5 Å². The molecule has 4 nitrogen and oxygen atoms in total. The molecule has 0 amide bonds. The highest BCUT2D eigenvalue weighted by atomic mass is 79.9. The maximum atomic E-state index is 6.02. The largest absolute Gasteiger partial charge is 0.338 e. The number of aromatic nitrogens is 2. The van der Waals surface area contributed by atoms with E-state index in [0.29, 0.717) is 10.8 Å². The Morgan fingerprint density at radius 1 is 1.38 bits per heavy atom. The Morgan fingerprint density at radius 3 is 2.81 bits per heavy atom. The lowest BCUT2D eigenvalue weighted by atomic mass is 9.76. The van der Waals surface area contributed by atoms with Crippen molar-refractivity contribution in [2.45, 2.75) is 31.6 Å². The highest BCUT2D eigenvalue weighted by molar-refractivity contribution is 9.10. The van der Waals surface area contributed by atoms with Crippen LogP contribution in [0.2, 0.25) is 5.02 Å². The molecule has 1 fully saturated rings. The summed E-state index contributed by atoms with van der Waals surface area (Å²) < 4.78 is 6.42. The lowest BCUT2D eigenvalue weighted by molar-refractivity contribution is 0.216. The fourth-order valence-electron chi connectivity index (χ4n) is 2.82. The van der Waals surface area contributed by atoms with Crippen LogP contribution in [0.15, 0.2) is 27.2 Å². The Labute approximate surface area is 137 Å². The van der Waals surface area contributed by atoms with Crippen LogP contribution < -0.4 is 5.32 Å². The van der Waals surface area contributed by atoms with Crippen LogP contribution in [0.1, 0.15) is 32.1 Å². The van der Waals surface area contributed by atoms with Gasteiger partial charge < -0.3 is 9.84 Å². The molecule has 1 aromatic heterocycles. The first-order valence-electron chi connectivity index (χ1n) is 7.15. The third-order valence-corrected chi connectivity index (χ3v) is 5.51. The zero-order valence-electron chi connectivity index (χ0n) is 11.8. The number of nitrogens with one attached hydrogen (secondary N) is 1. The van der Waals surface area contributed by atoms with Gasteiger partial charge in [-0.15, -0.1) is 0 Å². The van der Waals surface area contributed by atoms with Crippen LogP contribution in [0.3, 0.4) is 0 Å². The average Bonchev–Trinajstić information content (AvgIpc) is 3.01. The molecule has 1 saturated heterocycles. The monoisotopic (exact) mass is 369 g/mol. The van der Waals surface area contributed by atoms with Gasteiger partial charge in [0.25, 0.3) is 0 Å². The van der Waals surface area contributed by atoms with Gasteiger partial charge in [0, 0.05) is 10.0 Å². The smallest absolute Gasteiger partial charge is 0.233 e. The van der Waals surface area contributed by atoms with Gasteiger partial charge in [-0.1, -0.05) is 23.7 Å². The Bertz CT molecular complexity index is 638. The highest BCUT2D eigenvalue weighted by Crippen LogP contribution is 2.36. The summed E-state index contributed by atoms with van der Waals surface area (Å²) in [6, 6.07) is 5.65. The molecule has 0 aliphatic carbocycles. The van der Waals surface area contributed by atoms with E-state index in [2.05, 4.69) is 38.3 Å². The molecule has 112 valence electrons. The predicted molar refractivity (Wildman–Crippen MR) is 86.5 cm³/mol. The zero-order valence-corrected chi connectivity index (χ0v) is 14.2. The van der Waals surface area contributed by atoms with Crippen molar-refractivity contribution in [2.75, 3.05) is 13.1 Å². The number of rotatable bonds is 3. The molecule has 0 bridgehead atoms. The quantitative estimate of drug-likeness (QED) is 0.880. The molecule has 0 radical (unpaired) electrons. The Kier molecular flexibility index (Phi) is 4.33. The van der Waals surface area contributed by atoms with Crippen LogP contribution in [0.4, 0.5) is 0 Å². The predicted octanol–water partition coefficient (Wildman–Crippen LogP) is 4.18. The third kappa shape index (κ3) is 2.87. The van der Waals surface area contributed by atoms with E-state index in [1.165, 1.54) is 0 Å². The fraction of sp³-hybridized carbons (Fsp3) is 0.467. The summed E-state index contributed by atoms with van der Waals surface area (Å²) in [6.07, 6.45) is 3.09. The van der Waals surface area contributed by atoms with E-state index in [4.69, 9.17) is 16.1 Å². The molecule has 2 heterocycles. The van der Waals surface area contributed by atoms with Crippen molar-refractivity contribution in [3.05, 3.63) is 33.6 Å². The minimum Gasteiger partial charge on any atom is -0.338 e. The molecule has 0 saturated carbocycles. The Hall–Kier alpha value is -0.910. The molecule has 3 rings (SSSR count). The summed E-state index contributed by atoms with van der Waals surface area (Å²) in [5, 5.41) is 8.21. The fourth-order valence-corrected chi connectivity index (χ4v) is 3.31.